The van der Waals surface area contributed by atoms with E-state index in [0.717, 1.165) is 39.7 Å². The lowest BCUT2D eigenvalue weighted by atomic mass is 10.0. The van der Waals surface area contributed by atoms with E-state index in [1.807, 2.05) is 54.6 Å². The molecule has 0 aromatic heterocycles. The van der Waals surface area contributed by atoms with Gasteiger partial charge in [0.2, 0.25) is 5.91 Å². The number of carboxylic acids is 1. The van der Waals surface area contributed by atoms with E-state index in [1.54, 1.807) is 0 Å². The maximum atomic E-state index is 12.9. The zero-order chi connectivity index (χ0) is 26.6. The van der Waals surface area contributed by atoms with Crippen molar-refractivity contribution in [2.45, 2.75) is 22.7 Å². The van der Waals surface area contributed by atoms with Crippen LogP contribution in [0.4, 0.5) is 0 Å². The van der Waals surface area contributed by atoms with E-state index in [9.17, 15) is 19.5 Å². The van der Waals surface area contributed by atoms with Gasteiger partial charge in [0.05, 0.1) is 32.9 Å². The van der Waals surface area contributed by atoms with Gasteiger partial charge in [-0.3, -0.25) is 14.5 Å². The molecule has 0 aliphatic carbocycles. The molecule has 2 amide bonds. The Morgan fingerprint density at radius 2 is 1.97 bits per heavy atom. The topological polar surface area (TPSA) is 113 Å². The van der Waals surface area contributed by atoms with Crippen molar-refractivity contribution in [2.75, 3.05) is 45.2 Å². The minimum absolute atomic E-state index is 0. The average molecular weight is 577 g/mol. The molecule has 0 saturated carbocycles. The SMILES string of the molecule is C[N+](C)(C/C=C/C1=C(C(=O)O)N2C(=O)[C@@H](NC(=O)CSc3ccc4ccccc4c3)[C@H]2SC1)CCCN.[Cl-]. The first kappa shape index (κ1) is 30.0. The molecule has 1 fully saturated rings. The first-order valence-corrected chi connectivity index (χ1v) is 14.2. The molecule has 2 aliphatic heterocycles. The Morgan fingerprint density at radius 1 is 1.24 bits per heavy atom. The first-order chi connectivity index (χ1) is 17.7. The van der Waals surface area contributed by atoms with Crippen LogP contribution in [0.3, 0.4) is 0 Å². The predicted octanol–water partition coefficient (Wildman–Crippen LogP) is -0.344. The van der Waals surface area contributed by atoms with Crippen LogP contribution in [0.15, 0.2) is 70.8 Å². The van der Waals surface area contributed by atoms with Gasteiger partial charge < -0.3 is 33.0 Å². The van der Waals surface area contributed by atoms with E-state index in [0.29, 0.717) is 17.9 Å². The van der Waals surface area contributed by atoms with E-state index in [2.05, 4.69) is 19.4 Å². The number of nitrogens with one attached hydrogen (secondary N) is 1. The Bertz CT molecular complexity index is 1270. The molecular formula is C27H33ClN4O4S2. The maximum absolute atomic E-state index is 12.9. The number of hydrogen-bond acceptors (Lipinski definition) is 6. The summed E-state index contributed by atoms with van der Waals surface area (Å²) in [6.45, 7) is 2.29. The summed E-state index contributed by atoms with van der Waals surface area (Å²) in [5.74, 6) is -1.13. The molecule has 4 rings (SSSR count). The van der Waals surface area contributed by atoms with Gasteiger partial charge in [0.15, 0.2) is 0 Å². The Morgan fingerprint density at radius 3 is 2.68 bits per heavy atom. The lowest BCUT2D eigenvalue weighted by Gasteiger charge is -2.49. The van der Waals surface area contributed by atoms with Crippen molar-refractivity contribution in [3.05, 3.63) is 65.9 Å². The summed E-state index contributed by atoms with van der Waals surface area (Å²) in [4.78, 5) is 39.9. The number of hydrogen-bond donors (Lipinski definition) is 3. The van der Waals surface area contributed by atoms with Crippen molar-refractivity contribution in [1.29, 1.82) is 0 Å². The van der Waals surface area contributed by atoms with Crippen LogP contribution < -0.4 is 23.5 Å². The van der Waals surface area contributed by atoms with Crippen LogP contribution in [0, 0.1) is 0 Å². The van der Waals surface area contributed by atoms with Crippen molar-refractivity contribution in [3.8, 4) is 0 Å². The molecule has 2 aromatic carbocycles. The van der Waals surface area contributed by atoms with Crippen molar-refractivity contribution >= 4 is 52.1 Å². The second-order valence-electron chi connectivity index (χ2n) is 9.82. The quantitative estimate of drug-likeness (QED) is 0.190. The second kappa shape index (κ2) is 13.0. The molecule has 2 aliphatic rings. The molecule has 8 nitrogen and oxygen atoms in total. The number of likely N-dealkylation sites (N-methyl/N-ethyl adjacent to an activating group) is 1. The van der Waals surface area contributed by atoms with Crippen LogP contribution >= 0.6 is 23.5 Å². The summed E-state index contributed by atoms with van der Waals surface area (Å²) < 4.78 is 0.743. The van der Waals surface area contributed by atoms with Gasteiger partial charge in [0, 0.05) is 17.1 Å². The number of aliphatic carboxylic acids is 1. The number of allylic oxidation sites excluding steroid dienone is 1. The number of carbonyl (C=O) groups excluding carboxylic acids is 2. The highest BCUT2D eigenvalue weighted by molar-refractivity contribution is 8.00. The van der Waals surface area contributed by atoms with E-state index in [-0.39, 0.29) is 35.7 Å². The standard InChI is InChI=1S/C27H32N4O4S2.ClH/c1-31(2,14-6-12-28)13-5-9-20-16-37-26-23(25(33)30(26)24(20)27(34)35)29-22(32)17-36-21-11-10-18-7-3-4-8-19(18)15-21;/h3-5,7-11,15,23,26H,6,12-14,16-17,28H2,1-2H3,(H-,29,32,34,35);1H/b9-5+;/t23-,26-;/m1./s1. The molecule has 2 atom stereocenters. The summed E-state index contributed by atoms with van der Waals surface area (Å²) in [7, 11) is 4.20. The zero-order valence-corrected chi connectivity index (χ0v) is 23.8. The number of carbonyl (C=O) groups is 3. The summed E-state index contributed by atoms with van der Waals surface area (Å²) in [5, 5.41) is 14.5. The third kappa shape index (κ3) is 6.92. The third-order valence-corrected chi connectivity index (χ3v) is 8.79. The second-order valence-corrected chi connectivity index (χ2v) is 12.0. The summed E-state index contributed by atoms with van der Waals surface area (Å²) in [6.07, 6.45) is 4.69. The highest BCUT2D eigenvalue weighted by Crippen LogP contribution is 2.40. The van der Waals surface area contributed by atoms with Crippen molar-refractivity contribution in [3.63, 3.8) is 0 Å². The third-order valence-electron chi connectivity index (χ3n) is 6.49. The van der Waals surface area contributed by atoms with Crippen LogP contribution in [0.25, 0.3) is 10.8 Å². The number of amides is 2. The molecule has 2 heterocycles. The highest BCUT2D eigenvalue weighted by atomic mass is 35.5. The fourth-order valence-electron chi connectivity index (χ4n) is 4.48. The number of nitrogens with two attached hydrogens (primary N) is 1. The Balaban J connectivity index is 0.00000400. The van der Waals surface area contributed by atoms with Crippen LogP contribution in [-0.4, -0.2) is 88.9 Å². The molecular weight excluding hydrogens is 544 g/mol. The van der Waals surface area contributed by atoms with Gasteiger partial charge in [-0.15, -0.1) is 23.5 Å². The summed E-state index contributed by atoms with van der Waals surface area (Å²) >= 11 is 2.88. The van der Waals surface area contributed by atoms with Crippen molar-refractivity contribution < 1.29 is 36.4 Å². The molecule has 0 unspecified atom stereocenters. The minimum atomic E-state index is -1.13. The predicted molar refractivity (Wildman–Crippen MR) is 149 cm³/mol. The van der Waals surface area contributed by atoms with Crippen molar-refractivity contribution in [2.24, 2.45) is 5.73 Å². The highest BCUT2D eigenvalue weighted by Gasteiger charge is 2.53. The molecule has 0 radical (unpaired) electrons. The summed E-state index contributed by atoms with van der Waals surface area (Å²) in [5.41, 5.74) is 6.23. The summed E-state index contributed by atoms with van der Waals surface area (Å²) in [6, 6.07) is 13.3. The molecule has 0 spiro atoms. The molecule has 1 saturated heterocycles. The van der Waals surface area contributed by atoms with Gasteiger partial charge in [-0.1, -0.05) is 36.4 Å². The van der Waals surface area contributed by atoms with E-state index < -0.39 is 17.4 Å². The zero-order valence-electron chi connectivity index (χ0n) is 21.4. The molecule has 11 heteroatoms. The van der Waals surface area contributed by atoms with Gasteiger partial charge in [-0.2, -0.15) is 0 Å². The maximum Gasteiger partial charge on any atom is 0.352 e. The van der Waals surface area contributed by atoms with Crippen LogP contribution in [0.5, 0.6) is 0 Å². The number of carboxylic acid groups (broad SMARTS) is 1. The van der Waals surface area contributed by atoms with Crippen molar-refractivity contribution in [1.82, 2.24) is 10.2 Å². The largest absolute Gasteiger partial charge is 1.00 e. The Kier molecular flexibility index (Phi) is 10.3. The lowest BCUT2D eigenvalue weighted by molar-refractivity contribution is -0.884. The molecule has 0 bridgehead atoms. The van der Waals surface area contributed by atoms with E-state index in [1.165, 1.54) is 28.4 Å². The van der Waals surface area contributed by atoms with Gasteiger partial charge >= 0.3 is 5.97 Å². The fraction of sp³-hybridized carbons (Fsp3) is 0.370. The number of thioether (sulfide) groups is 2. The van der Waals surface area contributed by atoms with Crippen LogP contribution in [0.1, 0.15) is 6.42 Å². The fourth-order valence-corrected chi connectivity index (χ4v) is 6.56. The number of nitrogens with zero attached hydrogens (tertiary/aromatic N) is 2. The molecule has 204 valence electrons. The number of β-lactam (4-membered cyclic amide) rings is 1. The monoisotopic (exact) mass is 576 g/mol. The van der Waals surface area contributed by atoms with E-state index in [4.69, 9.17) is 5.73 Å². The van der Waals surface area contributed by atoms with Gasteiger partial charge in [-0.25, -0.2) is 4.79 Å². The van der Waals surface area contributed by atoms with Crippen LogP contribution in [-0.2, 0) is 14.4 Å². The number of halogens is 1. The number of fused-ring (bicyclic) bond motifs is 2. The average Bonchev–Trinajstić information content (AvgIpc) is 2.88. The normalized spacial score (nSPS) is 19.2. The Hall–Kier alpha value is -2.50. The minimum Gasteiger partial charge on any atom is -1.00 e. The van der Waals surface area contributed by atoms with Gasteiger partial charge in [0.25, 0.3) is 5.91 Å². The van der Waals surface area contributed by atoms with Gasteiger partial charge in [-0.05, 0) is 41.1 Å². The Labute approximate surface area is 237 Å². The number of benzene rings is 2. The smallest absolute Gasteiger partial charge is 0.352 e. The van der Waals surface area contributed by atoms with Crippen LogP contribution in [0.2, 0.25) is 0 Å². The first-order valence-electron chi connectivity index (χ1n) is 12.2. The number of quaternary nitrogens is 1. The van der Waals surface area contributed by atoms with E-state index >= 15 is 0 Å². The molecule has 38 heavy (non-hydrogen) atoms. The number of rotatable bonds is 11. The molecule has 4 N–H and O–H groups in total. The van der Waals surface area contributed by atoms with Gasteiger partial charge in [0.1, 0.15) is 17.1 Å². The lowest BCUT2D eigenvalue weighted by Crippen LogP contribution is -3.00. The molecule has 2 aromatic rings.